The lowest BCUT2D eigenvalue weighted by Crippen LogP contribution is -2.37. The van der Waals surface area contributed by atoms with Gasteiger partial charge >= 0.3 is 0 Å². The van der Waals surface area contributed by atoms with Crippen molar-refractivity contribution in [2.24, 2.45) is 4.99 Å². The van der Waals surface area contributed by atoms with E-state index in [-0.39, 0.29) is 6.10 Å². The number of nitrogens with one attached hydrogen (secondary N) is 2. The van der Waals surface area contributed by atoms with Crippen molar-refractivity contribution in [1.29, 1.82) is 0 Å². The van der Waals surface area contributed by atoms with Crippen molar-refractivity contribution < 1.29 is 9.47 Å². The third kappa shape index (κ3) is 5.64. The monoisotopic (exact) mass is 367 g/mol. The predicted molar refractivity (Wildman–Crippen MR) is 110 cm³/mol. The van der Waals surface area contributed by atoms with Gasteiger partial charge in [0.2, 0.25) is 0 Å². The molecule has 1 aliphatic heterocycles. The van der Waals surface area contributed by atoms with E-state index in [0.717, 1.165) is 49.0 Å². The summed E-state index contributed by atoms with van der Waals surface area (Å²) in [6.45, 7) is 6.40. The van der Waals surface area contributed by atoms with Crippen LogP contribution >= 0.6 is 0 Å². The van der Waals surface area contributed by atoms with E-state index >= 15 is 0 Å². The van der Waals surface area contributed by atoms with Gasteiger partial charge in [-0.05, 0) is 55.2 Å². The molecule has 2 aromatic rings. The number of rotatable bonds is 7. The van der Waals surface area contributed by atoms with Crippen molar-refractivity contribution >= 4 is 5.96 Å². The molecule has 1 aliphatic rings. The van der Waals surface area contributed by atoms with Gasteiger partial charge in [-0.2, -0.15) is 0 Å². The molecule has 0 atom stereocenters. The Labute approximate surface area is 161 Å². The summed E-state index contributed by atoms with van der Waals surface area (Å²) in [4.78, 5) is 4.31. The number of guanidine groups is 1. The second-order valence-electron chi connectivity index (χ2n) is 6.96. The quantitative estimate of drug-likeness (QED) is 0.582. The summed E-state index contributed by atoms with van der Waals surface area (Å²) in [5, 5.41) is 6.74. The van der Waals surface area contributed by atoms with E-state index in [2.05, 4.69) is 46.0 Å². The van der Waals surface area contributed by atoms with Crippen LogP contribution in [0.4, 0.5) is 0 Å². The molecule has 0 unspecified atom stereocenters. The predicted octanol–water partition coefficient (Wildman–Crippen LogP) is 3.32. The minimum Gasteiger partial charge on any atom is -0.493 e. The van der Waals surface area contributed by atoms with Crippen LogP contribution in [0.15, 0.2) is 47.5 Å². The van der Waals surface area contributed by atoms with Gasteiger partial charge < -0.3 is 20.1 Å². The number of aliphatic imine (C=N–C) groups is 1. The van der Waals surface area contributed by atoms with Crippen molar-refractivity contribution in [3.8, 4) is 11.5 Å². The van der Waals surface area contributed by atoms with E-state index in [9.17, 15) is 0 Å². The van der Waals surface area contributed by atoms with Crippen molar-refractivity contribution in [1.82, 2.24) is 10.6 Å². The van der Waals surface area contributed by atoms with Gasteiger partial charge in [-0.1, -0.05) is 24.3 Å². The number of hydrogen-bond donors (Lipinski definition) is 2. The van der Waals surface area contributed by atoms with Crippen molar-refractivity contribution in [3.05, 3.63) is 59.2 Å². The van der Waals surface area contributed by atoms with Gasteiger partial charge in [0.15, 0.2) is 5.96 Å². The summed E-state index contributed by atoms with van der Waals surface area (Å²) in [6, 6.07) is 14.6. The Balaban J connectivity index is 1.45. The number of benzene rings is 2. The van der Waals surface area contributed by atoms with Crippen LogP contribution in [0.5, 0.6) is 11.5 Å². The lowest BCUT2D eigenvalue weighted by atomic mass is 10.1. The summed E-state index contributed by atoms with van der Waals surface area (Å²) < 4.78 is 11.3. The highest BCUT2D eigenvalue weighted by Gasteiger charge is 2.11. The molecule has 2 aromatic carbocycles. The van der Waals surface area contributed by atoms with Gasteiger partial charge in [-0.15, -0.1) is 0 Å². The fourth-order valence-corrected chi connectivity index (χ4v) is 3.13. The van der Waals surface area contributed by atoms with Crippen molar-refractivity contribution in [3.63, 3.8) is 0 Å². The molecular weight excluding hydrogens is 338 g/mol. The molecule has 2 N–H and O–H groups in total. The maximum Gasteiger partial charge on any atom is 0.191 e. The summed E-state index contributed by atoms with van der Waals surface area (Å²) in [7, 11) is 1.79. The Morgan fingerprint density at radius 3 is 2.85 bits per heavy atom. The summed E-state index contributed by atoms with van der Waals surface area (Å²) >= 11 is 0. The molecule has 3 rings (SSSR count). The molecule has 0 spiro atoms. The highest BCUT2D eigenvalue weighted by Crippen LogP contribution is 2.25. The van der Waals surface area contributed by atoms with Crippen LogP contribution in [0, 0.1) is 0 Å². The summed E-state index contributed by atoms with van der Waals surface area (Å²) in [6.07, 6.45) is 2.14. The average molecular weight is 367 g/mol. The highest BCUT2D eigenvalue weighted by atomic mass is 16.5. The maximum atomic E-state index is 5.75. The molecule has 0 radical (unpaired) electrons. The van der Waals surface area contributed by atoms with Gasteiger partial charge in [0.25, 0.3) is 0 Å². The Kier molecular flexibility index (Phi) is 6.58. The minimum atomic E-state index is 0.174. The molecule has 27 heavy (non-hydrogen) atoms. The fraction of sp³-hybridized carbons (Fsp3) is 0.409. The van der Waals surface area contributed by atoms with Gasteiger partial charge in [-0.3, -0.25) is 4.99 Å². The van der Waals surface area contributed by atoms with Gasteiger partial charge in [0.1, 0.15) is 11.5 Å². The largest absolute Gasteiger partial charge is 0.493 e. The Bertz CT molecular complexity index is 787. The topological polar surface area (TPSA) is 54.9 Å². The van der Waals surface area contributed by atoms with E-state index in [0.29, 0.717) is 6.54 Å². The van der Waals surface area contributed by atoms with E-state index in [1.165, 1.54) is 11.1 Å². The SMILES string of the molecule is CN=C(NCCc1ccc2c(c1)CCO2)NCc1cccc(OC(C)C)c1. The first kappa shape index (κ1) is 19.1. The highest BCUT2D eigenvalue weighted by molar-refractivity contribution is 5.79. The van der Waals surface area contributed by atoms with Gasteiger partial charge in [-0.25, -0.2) is 0 Å². The summed E-state index contributed by atoms with van der Waals surface area (Å²) in [5.41, 5.74) is 3.80. The fourth-order valence-electron chi connectivity index (χ4n) is 3.13. The maximum absolute atomic E-state index is 5.75. The van der Waals surface area contributed by atoms with Crippen LogP contribution in [0.25, 0.3) is 0 Å². The molecule has 0 saturated carbocycles. The zero-order valence-corrected chi connectivity index (χ0v) is 16.4. The van der Waals surface area contributed by atoms with Crippen molar-refractivity contribution in [2.45, 2.75) is 39.3 Å². The molecule has 0 bridgehead atoms. The Hall–Kier alpha value is -2.69. The second kappa shape index (κ2) is 9.31. The molecule has 144 valence electrons. The third-order valence-corrected chi connectivity index (χ3v) is 4.41. The molecule has 0 aliphatic carbocycles. The molecular formula is C22H29N3O2. The average Bonchev–Trinajstić information content (AvgIpc) is 3.12. The third-order valence-electron chi connectivity index (χ3n) is 4.41. The van der Waals surface area contributed by atoms with Crippen molar-refractivity contribution in [2.75, 3.05) is 20.2 Å². The van der Waals surface area contributed by atoms with E-state index in [4.69, 9.17) is 9.47 Å². The van der Waals surface area contributed by atoms with Crippen LogP contribution in [0.3, 0.4) is 0 Å². The van der Waals surface area contributed by atoms with Crippen LogP contribution < -0.4 is 20.1 Å². The first-order valence-corrected chi connectivity index (χ1v) is 9.59. The number of ether oxygens (including phenoxy) is 2. The van der Waals surface area contributed by atoms with Crippen LogP contribution in [0.1, 0.15) is 30.5 Å². The van der Waals surface area contributed by atoms with Gasteiger partial charge in [0.05, 0.1) is 12.7 Å². The summed E-state index contributed by atoms with van der Waals surface area (Å²) in [5.74, 6) is 2.73. The first-order chi connectivity index (χ1) is 13.1. The molecule has 0 saturated heterocycles. The molecule has 0 fully saturated rings. The first-order valence-electron chi connectivity index (χ1n) is 9.59. The molecule has 5 nitrogen and oxygen atoms in total. The minimum absolute atomic E-state index is 0.174. The lowest BCUT2D eigenvalue weighted by Gasteiger charge is -2.14. The number of hydrogen-bond acceptors (Lipinski definition) is 3. The zero-order valence-electron chi connectivity index (χ0n) is 16.4. The van der Waals surface area contributed by atoms with Crippen LogP contribution in [0.2, 0.25) is 0 Å². The Morgan fingerprint density at radius 1 is 1.15 bits per heavy atom. The van der Waals surface area contributed by atoms with E-state index in [1.807, 2.05) is 26.0 Å². The van der Waals surface area contributed by atoms with Crippen LogP contribution in [-0.2, 0) is 19.4 Å². The van der Waals surface area contributed by atoms with E-state index < -0.39 is 0 Å². The molecule has 1 heterocycles. The number of nitrogens with zero attached hydrogens (tertiary/aromatic N) is 1. The molecule has 0 amide bonds. The Morgan fingerprint density at radius 2 is 2.04 bits per heavy atom. The number of fused-ring (bicyclic) bond motifs is 1. The van der Waals surface area contributed by atoms with E-state index in [1.54, 1.807) is 7.05 Å². The second-order valence-corrected chi connectivity index (χ2v) is 6.96. The zero-order chi connectivity index (χ0) is 19.1. The van der Waals surface area contributed by atoms with Crippen LogP contribution in [-0.4, -0.2) is 32.3 Å². The lowest BCUT2D eigenvalue weighted by molar-refractivity contribution is 0.242. The standard InChI is InChI=1S/C22H29N3O2/c1-16(2)27-20-6-4-5-18(14-20)15-25-22(23-3)24-11-9-17-7-8-21-19(13-17)10-12-26-21/h4-8,13-14,16H,9-12,15H2,1-3H3,(H2,23,24,25). The molecule has 5 heteroatoms. The normalized spacial score (nSPS) is 13.3. The smallest absolute Gasteiger partial charge is 0.191 e. The van der Waals surface area contributed by atoms with Gasteiger partial charge in [0, 0.05) is 26.6 Å². The molecule has 0 aromatic heterocycles.